The zero-order valence-corrected chi connectivity index (χ0v) is 67.7. The van der Waals surface area contributed by atoms with Gasteiger partial charge in [-0.2, -0.15) is 0 Å². The van der Waals surface area contributed by atoms with Gasteiger partial charge < -0.3 is 279 Å². The normalized spacial score (nSPS) is 51.7. The van der Waals surface area contributed by atoms with Gasteiger partial charge in [-0.1, -0.05) is 0 Å². The number of carbonyl (C=O) groups is 2. The lowest BCUT2D eigenvalue weighted by molar-refractivity contribution is -0.409. The zero-order valence-electron chi connectivity index (χ0n) is 67.7. The number of hydrogen-bond acceptors (Lipinski definition) is 56. The summed E-state index contributed by atoms with van der Waals surface area (Å²) in [6.45, 7) is -10.7. The summed E-state index contributed by atoms with van der Waals surface area (Å²) in [5, 5.41) is 372. The first-order chi connectivity index (χ1) is 60.6. The van der Waals surface area contributed by atoms with Gasteiger partial charge in [0, 0.05) is 13.8 Å². The van der Waals surface area contributed by atoms with Crippen LogP contribution in [0.5, 0.6) is 0 Å². The summed E-state index contributed by atoms with van der Waals surface area (Å²) in [5.74, 6) is -1.84. The van der Waals surface area contributed by atoms with Crippen molar-refractivity contribution in [1.29, 1.82) is 0 Å². The Balaban J connectivity index is 0.967. The third kappa shape index (κ3) is 22.6. The van der Waals surface area contributed by atoms with Crippen molar-refractivity contribution in [3.63, 3.8) is 0 Å². The number of carbonyl (C=O) groups excluding carboxylic acids is 2. The fraction of sp³-hybridized carbons (Fsp3) is 0.971. The smallest absolute Gasteiger partial charge is 0.217 e. The molecule has 55 atom stereocenters. The second-order valence-corrected chi connectivity index (χ2v) is 32.4. The maximum Gasteiger partial charge on any atom is 0.217 e. The predicted octanol–water partition coefficient (Wildman–Crippen LogP) is -24.7. The molecule has 0 radical (unpaired) electrons. The molecule has 58 heteroatoms. The molecule has 0 bridgehead atoms. The van der Waals surface area contributed by atoms with Gasteiger partial charge in [-0.3, -0.25) is 9.59 Å². The molecule has 0 saturated carbocycles. The quantitative estimate of drug-likeness (QED) is 0.0290. The fourth-order valence-corrected chi connectivity index (χ4v) is 16.4. The van der Waals surface area contributed by atoms with Crippen molar-refractivity contribution in [2.75, 3.05) is 72.7 Å². The van der Waals surface area contributed by atoms with E-state index in [1.54, 1.807) is 0 Å². The zero-order chi connectivity index (χ0) is 94.0. The Morgan fingerprint density at radius 2 is 0.430 bits per heavy atom. The van der Waals surface area contributed by atoms with Gasteiger partial charge in [-0.25, -0.2) is 0 Å². The first kappa shape index (κ1) is 105. The largest absolute Gasteiger partial charge is 0.394 e. The van der Waals surface area contributed by atoms with E-state index in [0.29, 0.717) is 0 Å². The number of rotatable bonds is 33. The predicted molar refractivity (Wildman–Crippen MR) is 386 cm³/mol. The Hall–Kier alpha value is -3.22. The monoisotopic (exact) mass is 1880 g/mol. The molecule has 11 aliphatic rings. The lowest BCUT2D eigenvalue weighted by Crippen LogP contribution is -2.70. The van der Waals surface area contributed by atoms with Crippen molar-refractivity contribution in [3.05, 3.63) is 0 Å². The topological polar surface area (TPSA) is 920 Å². The molecule has 0 spiro atoms. The summed E-state index contributed by atoms with van der Waals surface area (Å²) >= 11 is 0. The van der Waals surface area contributed by atoms with Crippen LogP contribution in [-0.4, -0.2) is 591 Å². The van der Waals surface area contributed by atoms with Crippen LogP contribution in [0.15, 0.2) is 0 Å². The minimum atomic E-state index is -2.75. The molecule has 11 fully saturated rings. The van der Waals surface area contributed by atoms with Crippen LogP contribution < -0.4 is 10.6 Å². The fourth-order valence-electron chi connectivity index (χ4n) is 16.4. The molecule has 744 valence electrons. The standard InChI is InChI=1S/C70H118N2O56/c1-14(81)71-27-38(92)53(22(9-79)111-60(27)107)122-61-28(72-15(2)82)39(93)54(23(10-80)118-61)123-67-52(106)56(125-70-59(46(100)35(89)24(121-70)11-108-62-47(101)40(94)29(83)16(3-73)112-62)128-69-58(45(99)34(88)21(8-78)117-69)127-66-50(104)43(97)32(86)19(6-76)115-66)37(91)26(120-67)12-109-63-51(105)55(124-64-48(102)41(95)30(84)17(4-74)113-64)36(90)25(119-63)13-110-68-57(44(98)33(87)20(7-77)116-68)126-65-49(103)42(96)31(85)18(5-75)114-65/h16-70,73-80,83-107H,3-13H2,1-2H3,(H,71,81)(H,72,82)/t16-,17-,18-,19-,20-,21-,22-,23-,24-,25-,26-,27-,28-,29-,30-,31-,32-,33-,34-,35-,36-,37-,38-,39-,40+,41+,42+,43+,44+,45+,46+,47+,48+,49+,50+,51+,52+,53-,54-,55+,56+,57+,58+,59+,60-,61+,62+,63+,64-,65-,66-,67+,68+,69-,70-/m1/s1. The van der Waals surface area contributed by atoms with E-state index in [1.807, 2.05) is 0 Å². The van der Waals surface area contributed by atoms with Crippen molar-refractivity contribution >= 4 is 11.8 Å². The minimum absolute atomic E-state index is 0.829. The highest BCUT2D eigenvalue weighted by Gasteiger charge is 2.62. The SMILES string of the molecule is CC(=O)N[C@@H]1[C@@H](O)[C@H](O[C@@H]2O[C@H](CO)[C@@H](O[C@@H]3O[C@H](CO[C@H]4O[C@H](CO[C@H]5O[C@H](CO)[C@@H](O)[C@H](O)[C@@H]5O[C@H]5O[C@H](CO)[C@@H](O)[C@H](O)[C@@H]5O)[C@@H](O)[C@H](O[C@H]5O[C@H](CO)[C@@H](O)[C@H](O)[C@@H]5O)[C@@H]4O)[C@@H](O)[C@H](O[C@H]4O[C@H](CO[C@H]5O[C@H](CO)[C@@H](O)[C@H](O)[C@@H]5O)[C@@H](O)[C@H](O)[C@@H]4O[C@H]4O[C@H](CO)[C@@H](O)[C@H](O)[C@@H]4O[C@H]4O[C@H](CO)[C@@H](O)[C@H](O)[C@@H]4O)[C@@H]3O)[C@H](O)[C@H]2NC(C)=O)[C@@H](CO)O[C@H]1O. The van der Waals surface area contributed by atoms with Gasteiger partial charge in [0.2, 0.25) is 11.8 Å². The third-order valence-electron chi connectivity index (χ3n) is 23.7. The van der Waals surface area contributed by atoms with Crippen molar-refractivity contribution in [1.82, 2.24) is 10.6 Å². The second-order valence-electron chi connectivity index (χ2n) is 32.4. The summed E-state index contributed by atoms with van der Waals surface area (Å²) in [4.78, 5) is 25.4. The van der Waals surface area contributed by atoms with E-state index in [1.165, 1.54) is 0 Å². The summed E-state index contributed by atoms with van der Waals surface area (Å²) in [6.07, 6.45) is -117. The van der Waals surface area contributed by atoms with Gasteiger partial charge in [0.25, 0.3) is 0 Å². The summed E-state index contributed by atoms with van der Waals surface area (Å²) in [5.41, 5.74) is 0. The summed E-state index contributed by atoms with van der Waals surface area (Å²) in [7, 11) is 0. The van der Waals surface area contributed by atoms with E-state index < -0.39 is 422 Å². The highest BCUT2D eigenvalue weighted by molar-refractivity contribution is 5.73. The average Bonchev–Trinajstić information content (AvgIpc) is 0.766. The highest BCUT2D eigenvalue weighted by atomic mass is 16.8. The molecule has 0 aromatic rings. The van der Waals surface area contributed by atoms with Gasteiger partial charge >= 0.3 is 0 Å². The molecule has 58 nitrogen and oxygen atoms in total. The molecule has 11 saturated heterocycles. The number of aliphatic hydroxyl groups is 33. The Labute approximate surface area is 722 Å². The van der Waals surface area contributed by atoms with E-state index in [4.69, 9.17) is 99.5 Å². The van der Waals surface area contributed by atoms with Crippen LogP contribution in [0.4, 0.5) is 0 Å². The molecule has 11 aliphatic heterocycles. The van der Waals surface area contributed by atoms with Crippen molar-refractivity contribution in [2.45, 2.75) is 351 Å². The van der Waals surface area contributed by atoms with E-state index in [-0.39, 0.29) is 0 Å². The molecule has 35 N–H and O–H groups in total. The van der Waals surface area contributed by atoms with E-state index in [9.17, 15) is 178 Å². The number of aliphatic hydroxyl groups excluding tert-OH is 33. The van der Waals surface area contributed by atoms with Gasteiger partial charge in [0.05, 0.1) is 72.7 Å². The maximum absolute atomic E-state index is 13.2. The molecular formula is C70H118N2O56. The van der Waals surface area contributed by atoms with Crippen LogP contribution in [0.25, 0.3) is 0 Å². The molecular weight excluding hydrogens is 1760 g/mol. The van der Waals surface area contributed by atoms with Crippen LogP contribution in [0.1, 0.15) is 13.8 Å². The molecule has 0 aromatic heterocycles. The van der Waals surface area contributed by atoms with Crippen LogP contribution in [-0.2, 0) is 109 Å². The van der Waals surface area contributed by atoms with Gasteiger partial charge in [-0.15, -0.1) is 0 Å². The summed E-state index contributed by atoms with van der Waals surface area (Å²) < 4.78 is 123. The van der Waals surface area contributed by atoms with Crippen molar-refractivity contribution < 1.29 is 278 Å². The lowest BCUT2D eigenvalue weighted by atomic mass is 9.94. The van der Waals surface area contributed by atoms with E-state index in [2.05, 4.69) is 10.6 Å². The Bertz CT molecular complexity index is 3380. The van der Waals surface area contributed by atoms with Crippen molar-refractivity contribution in [2.24, 2.45) is 0 Å². The Morgan fingerprint density at radius 3 is 0.828 bits per heavy atom. The molecule has 2 amide bonds. The molecule has 0 aromatic carbocycles. The highest BCUT2D eigenvalue weighted by Crippen LogP contribution is 2.41. The molecule has 0 unspecified atom stereocenters. The Morgan fingerprint density at radius 1 is 0.203 bits per heavy atom. The molecule has 11 heterocycles. The van der Waals surface area contributed by atoms with Crippen LogP contribution in [0.3, 0.4) is 0 Å². The lowest BCUT2D eigenvalue weighted by Gasteiger charge is -2.51. The number of hydrogen-bond donors (Lipinski definition) is 35. The van der Waals surface area contributed by atoms with Gasteiger partial charge in [0.1, 0.15) is 268 Å². The number of nitrogens with one attached hydrogen (secondary N) is 2. The average molecular weight is 1880 g/mol. The third-order valence-corrected chi connectivity index (χ3v) is 23.7. The number of amides is 2. The molecule has 128 heavy (non-hydrogen) atoms. The van der Waals surface area contributed by atoms with Crippen LogP contribution in [0.2, 0.25) is 0 Å². The minimum Gasteiger partial charge on any atom is -0.394 e. The maximum atomic E-state index is 13.2. The molecule has 11 rings (SSSR count). The molecule has 0 aliphatic carbocycles. The first-order valence-corrected chi connectivity index (χ1v) is 40.7. The van der Waals surface area contributed by atoms with E-state index >= 15 is 0 Å². The van der Waals surface area contributed by atoms with Gasteiger partial charge in [-0.05, 0) is 0 Å². The van der Waals surface area contributed by atoms with E-state index in [0.717, 1.165) is 13.8 Å². The van der Waals surface area contributed by atoms with Crippen molar-refractivity contribution in [3.8, 4) is 0 Å². The Kier molecular flexibility index (Phi) is 37.7. The first-order valence-electron chi connectivity index (χ1n) is 40.7. The number of ether oxygens (including phenoxy) is 21. The van der Waals surface area contributed by atoms with Gasteiger partial charge in [0.15, 0.2) is 69.2 Å². The van der Waals surface area contributed by atoms with Crippen LogP contribution in [0, 0.1) is 0 Å². The van der Waals surface area contributed by atoms with Crippen LogP contribution >= 0.6 is 0 Å². The second kappa shape index (κ2) is 45.8. The summed E-state index contributed by atoms with van der Waals surface area (Å²) in [6, 6.07) is -3.73.